The van der Waals surface area contributed by atoms with Crippen LogP contribution in [0.5, 0.6) is 5.75 Å². The molecule has 0 saturated carbocycles. The fourth-order valence-electron chi connectivity index (χ4n) is 3.32. The van der Waals surface area contributed by atoms with Crippen molar-refractivity contribution in [2.45, 2.75) is 25.0 Å². The molecule has 0 spiro atoms. The lowest BCUT2D eigenvalue weighted by Gasteiger charge is -2.15. The molecule has 0 radical (unpaired) electrons. The van der Waals surface area contributed by atoms with Gasteiger partial charge in [0.25, 0.3) is 5.56 Å². The van der Waals surface area contributed by atoms with Crippen LogP contribution in [0.3, 0.4) is 0 Å². The topological polar surface area (TPSA) is 73.2 Å². The third kappa shape index (κ3) is 4.87. The molecular formula is C24H23N3O3S2. The van der Waals surface area contributed by atoms with E-state index in [0.717, 1.165) is 10.6 Å². The Labute approximate surface area is 194 Å². The number of fused-ring (bicyclic) bond motifs is 1. The average molecular weight is 466 g/mol. The zero-order valence-corrected chi connectivity index (χ0v) is 19.4. The minimum Gasteiger partial charge on any atom is -0.494 e. The van der Waals surface area contributed by atoms with Crippen molar-refractivity contribution < 1.29 is 9.53 Å². The summed E-state index contributed by atoms with van der Waals surface area (Å²) in [5.41, 5.74) is 1.11. The van der Waals surface area contributed by atoms with Crippen LogP contribution in [-0.2, 0) is 4.79 Å². The molecule has 6 nitrogen and oxygen atoms in total. The second kappa shape index (κ2) is 10.0. The van der Waals surface area contributed by atoms with Gasteiger partial charge in [-0.15, -0.1) is 11.3 Å². The summed E-state index contributed by atoms with van der Waals surface area (Å²) in [6.45, 7) is 4.44. The first-order chi connectivity index (χ1) is 15.6. The smallest absolute Gasteiger partial charge is 0.266 e. The quantitative estimate of drug-likeness (QED) is 0.298. The van der Waals surface area contributed by atoms with Gasteiger partial charge in [0.05, 0.1) is 35.0 Å². The highest BCUT2D eigenvalue weighted by molar-refractivity contribution is 7.99. The van der Waals surface area contributed by atoms with Gasteiger partial charge < -0.3 is 10.1 Å². The van der Waals surface area contributed by atoms with Crippen LogP contribution in [0.15, 0.2) is 76.0 Å². The number of amides is 1. The van der Waals surface area contributed by atoms with Gasteiger partial charge >= 0.3 is 0 Å². The van der Waals surface area contributed by atoms with Crippen LogP contribution in [0.1, 0.15) is 24.8 Å². The van der Waals surface area contributed by atoms with Crippen molar-refractivity contribution in [3.63, 3.8) is 0 Å². The maximum absolute atomic E-state index is 13.3. The Balaban J connectivity index is 1.63. The number of hydrogen-bond acceptors (Lipinski definition) is 6. The standard InChI is InChI=1S/C24H23N3O3S2/c1-3-30-18-12-10-17(11-13-18)27-23(29)19-7-4-5-8-20(19)26-24(27)32-15-22(28)25-16(2)21-9-6-14-31-21/h4-14,16H,3,15H2,1-2H3,(H,25,28). The van der Waals surface area contributed by atoms with Crippen molar-refractivity contribution in [1.29, 1.82) is 0 Å². The Morgan fingerprint density at radius 3 is 2.66 bits per heavy atom. The molecule has 1 N–H and O–H groups in total. The monoisotopic (exact) mass is 465 g/mol. The largest absolute Gasteiger partial charge is 0.494 e. The Bertz CT molecular complexity index is 1270. The molecule has 1 atom stereocenters. The number of nitrogens with one attached hydrogen (secondary N) is 1. The van der Waals surface area contributed by atoms with Gasteiger partial charge in [-0.25, -0.2) is 4.98 Å². The predicted molar refractivity (Wildman–Crippen MR) is 130 cm³/mol. The lowest BCUT2D eigenvalue weighted by atomic mass is 10.2. The highest BCUT2D eigenvalue weighted by atomic mass is 32.2. The molecule has 8 heteroatoms. The molecule has 0 aliphatic heterocycles. The van der Waals surface area contributed by atoms with E-state index >= 15 is 0 Å². The second-order valence-corrected chi connectivity index (χ2v) is 8.99. The highest BCUT2D eigenvalue weighted by Gasteiger charge is 2.16. The van der Waals surface area contributed by atoms with Crippen LogP contribution in [0.2, 0.25) is 0 Å². The molecule has 4 aromatic rings. The summed E-state index contributed by atoms with van der Waals surface area (Å²) in [4.78, 5) is 31.7. The van der Waals surface area contributed by atoms with E-state index < -0.39 is 0 Å². The first-order valence-corrected chi connectivity index (χ1v) is 12.1. The number of nitrogens with zero attached hydrogens (tertiary/aromatic N) is 2. The van der Waals surface area contributed by atoms with Gasteiger partial charge in [-0.2, -0.15) is 0 Å². The lowest BCUT2D eigenvalue weighted by Crippen LogP contribution is -2.28. The molecule has 4 rings (SSSR count). The van der Waals surface area contributed by atoms with Crippen molar-refractivity contribution >= 4 is 39.9 Å². The molecule has 0 saturated heterocycles. The summed E-state index contributed by atoms with van der Waals surface area (Å²) in [7, 11) is 0. The van der Waals surface area contributed by atoms with Gasteiger partial charge in [0, 0.05) is 4.88 Å². The molecule has 0 bridgehead atoms. The maximum atomic E-state index is 13.3. The summed E-state index contributed by atoms with van der Waals surface area (Å²) < 4.78 is 7.07. The van der Waals surface area contributed by atoms with E-state index in [-0.39, 0.29) is 23.3 Å². The summed E-state index contributed by atoms with van der Waals surface area (Å²) in [5.74, 6) is 0.767. The number of carbonyl (C=O) groups is 1. The number of rotatable bonds is 8. The van der Waals surface area contributed by atoms with Crippen LogP contribution >= 0.6 is 23.1 Å². The average Bonchev–Trinajstić information content (AvgIpc) is 3.34. The van der Waals surface area contributed by atoms with Crippen molar-refractivity contribution in [3.05, 3.63) is 81.3 Å². The minimum atomic E-state index is -0.172. The first kappa shape index (κ1) is 22.1. The van der Waals surface area contributed by atoms with Gasteiger partial charge in [-0.05, 0) is 61.7 Å². The van der Waals surface area contributed by atoms with E-state index in [1.165, 1.54) is 11.8 Å². The van der Waals surface area contributed by atoms with Crippen LogP contribution in [0.4, 0.5) is 0 Å². The van der Waals surface area contributed by atoms with Crippen molar-refractivity contribution in [1.82, 2.24) is 14.9 Å². The predicted octanol–water partition coefficient (Wildman–Crippen LogP) is 4.82. The highest BCUT2D eigenvalue weighted by Crippen LogP contribution is 2.24. The SMILES string of the molecule is CCOc1ccc(-n2c(SCC(=O)NC(C)c3cccs3)nc3ccccc3c2=O)cc1. The van der Waals surface area contributed by atoms with E-state index in [1.807, 2.05) is 73.8 Å². The van der Waals surface area contributed by atoms with Gasteiger partial charge in [0.2, 0.25) is 5.91 Å². The third-order valence-electron chi connectivity index (χ3n) is 4.83. The molecule has 2 heterocycles. The normalized spacial score (nSPS) is 11.9. The maximum Gasteiger partial charge on any atom is 0.266 e. The van der Waals surface area contributed by atoms with Crippen LogP contribution < -0.4 is 15.6 Å². The number of thioether (sulfide) groups is 1. The number of ether oxygens (including phenoxy) is 1. The number of carbonyl (C=O) groups excluding carboxylic acids is 1. The van der Waals surface area contributed by atoms with E-state index in [4.69, 9.17) is 4.74 Å². The minimum absolute atomic E-state index is 0.0686. The zero-order chi connectivity index (χ0) is 22.5. The molecule has 32 heavy (non-hydrogen) atoms. The molecular weight excluding hydrogens is 442 g/mol. The number of para-hydroxylation sites is 1. The van der Waals surface area contributed by atoms with E-state index in [1.54, 1.807) is 22.0 Å². The molecule has 1 unspecified atom stereocenters. The van der Waals surface area contributed by atoms with Crippen molar-refractivity contribution in [2.75, 3.05) is 12.4 Å². The Kier molecular flexibility index (Phi) is 6.92. The van der Waals surface area contributed by atoms with Gasteiger partial charge in [-0.3, -0.25) is 14.2 Å². The van der Waals surface area contributed by atoms with Gasteiger partial charge in [0.15, 0.2) is 5.16 Å². The fraction of sp³-hybridized carbons (Fsp3) is 0.208. The number of thiophene rings is 1. The molecule has 2 aromatic carbocycles. The molecule has 0 aliphatic carbocycles. The van der Waals surface area contributed by atoms with Crippen LogP contribution in [-0.4, -0.2) is 27.8 Å². The zero-order valence-electron chi connectivity index (χ0n) is 17.8. The molecule has 0 fully saturated rings. The summed E-state index contributed by atoms with van der Waals surface area (Å²) >= 11 is 2.85. The number of hydrogen-bond donors (Lipinski definition) is 1. The molecule has 164 valence electrons. The van der Waals surface area contributed by atoms with Gasteiger partial charge in [0.1, 0.15) is 5.75 Å². The van der Waals surface area contributed by atoms with Crippen LogP contribution in [0, 0.1) is 0 Å². The number of aromatic nitrogens is 2. The van der Waals surface area contributed by atoms with Crippen LogP contribution in [0.25, 0.3) is 16.6 Å². The van der Waals surface area contributed by atoms with E-state index in [2.05, 4.69) is 10.3 Å². The summed E-state index contributed by atoms with van der Waals surface area (Å²) in [6.07, 6.45) is 0. The lowest BCUT2D eigenvalue weighted by molar-refractivity contribution is -0.119. The molecule has 0 aliphatic rings. The molecule has 2 aromatic heterocycles. The fourth-order valence-corrected chi connectivity index (χ4v) is 4.88. The van der Waals surface area contributed by atoms with Crippen molar-refractivity contribution in [2.24, 2.45) is 0 Å². The third-order valence-corrected chi connectivity index (χ3v) is 6.82. The Morgan fingerprint density at radius 2 is 1.94 bits per heavy atom. The van der Waals surface area contributed by atoms with E-state index in [0.29, 0.717) is 28.4 Å². The van der Waals surface area contributed by atoms with Gasteiger partial charge in [-0.1, -0.05) is 30.0 Å². The summed E-state index contributed by atoms with van der Waals surface area (Å²) in [6, 6.07) is 18.4. The summed E-state index contributed by atoms with van der Waals surface area (Å²) in [5, 5.41) is 5.99. The Morgan fingerprint density at radius 1 is 1.16 bits per heavy atom. The van der Waals surface area contributed by atoms with Crippen molar-refractivity contribution in [3.8, 4) is 11.4 Å². The van der Waals surface area contributed by atoms with E-state index in [9.17, 15) is 9.59 Å². The number of benzene rings is 2. The first-order valence-electron chi connectivity index (χ1n) is 10.3. The second-order valence-electron chi connectivity index (χ2n) is 7.07. The Hall–Kier alpha value is -3.10. The molecule has 1 amide bonds.